The van der Waals surface area contributed by atoms with Crippen molar-refractivity contribution in [2.45, 2.75) is 33.8 Å². The molecule has 3 nitrogen and oxygen atoms in total. The van der Waals surface area contributed by atoms with Crippen molar-refractivity contribution in [3.05, 3.63) is 28.8 Å². The largest absolute Gasteiger partial charge is 0.490 e. The fourth-order valence-electron chi connectivity index (χ4n) is 1.94. The van der Waals surface area contributed by atoms with Crippen LogP contribution in [0.2, 0.25) is 0 Å². The van der Waals surface area contributed by atoms with Crippen LogP contribution >= 0.6 is 0 Å². The number of benzene rings is 1. The van der Waals surface area contributed by atoms with Crippen LogP contribution in [0, 0.1) is 20.8 Å². The summed E-state index contributed by atoms with van der Waals surface area (Å²) in [7, 11) is 0. The number of rotatable bonds is 6. The molecular weight excluding hydrogens is 214 g/mol. The van der Waals surface area contributed by atoms with Crippen molar-refractivity contribution in [2.75, 3.05) is 19.7 Å². The number of nitrogens with one attached hydrogen (secondary N) is 1. The highest BCUT2D eigenvalue weighted by molar-refractivity contribution is 5.42. The Labute approximate surface area is 104 Å². The molecule has 1 unspecified atom stereocenters. The highest BCUT2D eigenvalue weighted by Gasteiger charge is 2.08. The minimum absolute atomic E-state index is 0.331. The van der Waals surface area contributed by atoms with E-state index in [-0.39, 0.29) is 0 Å². The van der Waals surface area contributed by atoms with E-state index in [1.54, 1.807) is 0 Å². The number of hydrogen-bond donors (Lipinski definition) is 2. The van der Waals surface area contributed by atoms with E-state index in [0.29, 0.717) is 13.2 Å². The van der Waals surface area contributed by atoms with E-state index < -0.39 is 6.10 Å². The Morgan fingerprint density at radius 2 is 1.82 bits per heavy atom. The predicted molar refractivity (Wildman–Crippen MR) is 70.7 cm³/mol. The molecule has 2 N–H and O–H groups in total. The van der Waals surface area contributed by atoms with Gasteiger partial charge in [-0.3, -0.25) is 0 Å². The number of aliphatic hydroxyl groups excluding tert-OH is 1. The quantitative estimate of drug-likeness (QED) is 0.794. The van der Waals surface area contributed by atoms with Gasteiger partial charge in [0.05, 0.1) is 0 Å². The average Bonchev–Trinajstić information content (AvgIpc) is 2.24. The second-order valence-electron chi connectivity index (χ2n) is 4.50. The maximum atomic E-state index is 9.69. The number of aryl methyl sites for hydroxylation is 3. The third kappa shape index (κ3) is 4.36. The topological polar surface area (TPSA) is 41.5 Å². The lowest BCUT2D eigenvalue weighted by molar-refractivity contribution is 0.106. The maximum Gasteiger partial charge on any atom is 0.125 e. The molecule has 0 saturated carbocycles. The minimum Gasteiger partial charge on any atom is -0.490 e. The van der Waals surface area contributed by atoms with Crippen LogP contribution in [-0.4, -0.2) is 30.9 Å². The fraction of sp³-hybridized carbons (Fsp3) is 0.571. The summed E-state index contributed by atoms with van der Waals surface area (Å²) in [5, 5.41) is 12.8. The lowest BCUT2D eigenvalue weighted by Gasteiger charge is -2.16. The van der Waals surface area contributed by atoms with Crippen LogP contribution in [0.4, 0.5) is 0 Å². The van der Waals surface area contributed by atoms with Crippen LogP contribution in [0.1, 0.15) is 23.6 Å². The Morgan fingerprint density at radius 1 is 1.24 bits per heavy atom. The highest BCUT2D eigenvalue weighted by atomic mass is 16.5. The Hall–Kier alpha value is -1.06. The Kier molecular flexibility index (Phi) is 5.45. The molecule has 0 aliphatic carbocycles. The van der Waals surface area contributed by atoms with Crippen molar-refractivity contribution < 1.29 is 9.84 Å². The third-order valence-corrected chi connectivity index (χ3v) is 2.65. The Bertz CT molecular complexity index is 340. The molecular formula is C14H23NO2. The Balaban J connectivity index is 2.57. The van der Waals surface area contributed by atoms with Crippen LogP contribution in [0.5, 0.6) is 5.75 Å². The van der Waals surface area contributed by atoms with Gasteiger partial charge >= 0.3 is 0 Å². The summed E-state index contributed by atoms with van der Waals surface area (Å²) in [5.41, 5.74) is 3.48. The highest BCUT2D eigenvalue weighted by Crippen LogP contribution is 2.24. The van der Waals surface area contributed by atoms with Gasteiger partial charge < -0.3 is 15.2 Å². The number of ether oxygens (including phenoxy) is 1. The van der Waals surface area contributed by atoms with Gasteiger partial charge in [-0.1, -0.05) is 24.6 Å². The fourth-order valence-corrected chi connectivity index (χ4v) is 1.94. The summed E-state index contributed by atoms with van der Waals surface area (Å²) >= 11 is 0. The SMILES string of the molecule is CCNCC(O)COc1c(C)cc(C)cc1C. The molecule has 0 aliphatic rings. The van der Waals surface area contributed by atoms with E-state index in [0.717, 1.165) is 23.4 Å². The molecule has 0 bridgehead atoms. The molecule has 0 spiro atoms. The average molecular weight is 237 g/mol. The molecule has 1 atom stereocenters. The second kappa shape index (κ2) is 6.62. The Morgan fingerprint density at radius 3 is 2.35 bits per heavy atom. The molecule has 17 heavy (non-hydrogen) atoms. The maximum absolute atomic E-state index is 9.69. The van der Waals surface area contributed by atoms with Crippen LogP contribution in [0.3, 0.4) is 0 Å². The molecule has 3 heteroatoms. The van der Waals surface area contributed by atoms with Crippen molar-refractivity contribution in [2.24, 2.45) is 0 Å². The molecule has 0 fully saturated rings. The molecule has 0 amide bonds. The summed E-state index contributed by atoms with van der Waals surface area (Å²) in [6.45, 7) is 9.92. The van der Waals surface area contributed by atoms with E-state index in [9.17, 15) is 5.11 Å². The normalized spacial score (nSPS) is 12.5. The van der Waals surface area contributed by atoms with E-state index in [4.69, 9.17) is 4.74 Å². The first-order chi connectivity index (χ1) is 8.04. The lowest BCUT2D eigenvalue weighted by atomic mass is 10.1. The zero-order valence-corrected chi connectivity index (χ0v) is 11.2. The minimum atomic E-state index is -0.463. The van der Waals surface area contributed by atoms with Crippen molar-refractivity contribution in [3.8, 4) is 5.75 Å². The first-order valence-corrected chi connectivity index (χ1v) is 6.14. The first-order valence-electron chi connectivity index (χ1n) is 6.14. The van der Waals surface area contributed by atoms with Crippen molar-refractivity contribution >= 4 is 0 Å². The molecule has 0 radical (unpaired) electrons. The van der Waals surface area contributed by atoms with Gasteiger partial charge in [-0.2, -0.15) is 0 Å². The molecule has 0 aromatic heterocycles. The third-order valence-electron chi connectivity index (χ3n) is 2.65. The van der Waals surface area contributed by atoms with Gasteiger partial charge in [0.15, 0.2) is 0 Å². The summed E-state index contributed by atoms with van der Waals surface area (Å²) in [5.74, 6) is 0.895. The van der Waals surface area contributed by atoms with Gasteiger partial charge in [0.2, 0.25) is 0 Å². The van der Waals surface area contributed by atoms with Gasteiger partial charge in [-0.25, -0.2) is 0 Å². The summed E-state index contributed by atoms with van der Waals surface area (Å²) in [6, 6.07) is 4.19. The van der Waals surface area contributed by atoms with Crippen molar-refractivity contribution in [1.82, 2.24) is 5.32 Å². The molecule has 1 aromatic rings. The van der Waals surface area contributed by atoms with Gasteiger partial charge in [0.25, 0.3) is 0 Å². The zero-order valence-electron chi connectivity index (χ0n) is 11.2. The first kappa shape index (κ1) is 14.0. The van der Waals surface area contributed by atoms with Gasteiger partial charge in [0.1, 0.15) is 18.5 Å². The smallest absolute Gasteiger partial charge is 0.125 e. The standard InChI is InChI=1S/C14H23NO2/c1-5-15-8-13(16)9-17-14-11(3)6-10(2)7-12(14)4/h6-7,13,15-16H,5,8-9H2,1-4H3. The van der Waals surface area contributed by atoms with Gasteiger partial charge in [-0.05, 0) is 38.4 Å². The summed E-state index contributed by atoms with van der Waals surface area (Å²) in [4.78, 5) is 0. The van der Waals surface area contributed by atoms with Gasteiger partial charge in [-0.15, -0.1) is 0 Å². The van der Waals surface area contributed by atoms with Crippen molar-refractivity contribution in [1.29, 1.82) is 0 Å². The van der Waals surface area contributed by atoms with Gasteiger partial charge in [0, 0.05) is 6.54 Å². The molecule has 0 aliphatic heterocycles. The van der Waals surface area contributed by atoms with E-state index in [1.165, 1.54) is 5.56 Å². The molecule has 0 heterocycles. The second-order valence-corrected chi connectivity index (χ2v) is 4.50. The van der Waals surface area contributed by atoms with Crippen LogP contribution < -0.4 is 10.1 Å². The number of likely N-dealkylation sites (N-methyl/N-ethyl adjacent to an activating group) is 1. The predicted octanol–water partition coefficient (Wildman–Crippen LogP) is 1.96. The monoisotopic (exact) mass is 237 g/mol. The summed E-state index contributed by atoms with van der Waals surface area (Å²) in [6.07, 6.45) is -0.463. The molecule has 1 aromatic carbocycles. The van der Waals surface area contributed by atoms with Crippen LogP contribution in [0.15, 0.2) is 12.1 Å². The number of aliphatic hydroxyl groups is 1. The lowest BCUT2D eigenvalue weighted by Crippen LogP contribution is -2.31. The molecule has 1 rings (SSSR count). The van der Waals surface area contributed by atoms with Crippen molar-refractivity contribution in [3.63, 3.8) is 0 Å². The van der Waals surface area contributed by atoms with E-state index in [1.807, 2.05) is 20.8 Å². The zero-order chi connectivity index (χ0) is 12.8. The van der Waals surface area contributed by atoms with E-state index >= 15 is 0 Å². The molecule has 96 valence electrons. The van der Waals surface area contributed by atoms with Crippen LogP contribution in [-0.2, 0) is 0 Å². The summed E-state index contributed by atoms with van der Waals surface area (Å²) < 4.78 is 5.69. The van der Waals surface area contributed by atoms with Crippen LogP contribution in [0.25, 0.3) is 0 Å². The number of hydrogen-bond acceptors (Lipinski definition) is 3. The molecule has 0 saturated heterocycles. The van der Waals surface area contributed by atoms with E-state index in [2.05, 4.69) is 24.4 Å².